The fourth-order valence-corrected chi connectivity index (χ4v) is 3.53. The van der Waals surface area contributed by atoms with Crippen LogP contribution in [0.3, 0.4) is 0 Å². The third-order valence-electron chi connectivity index (χ3n) is 3.21. The Balaban J connectivity index is 2.30. The highest BCUT2D eigenvalue weighted by molar-refractivity contribution is 9.11. The molecule has 0 aliphatic heterocycles. The summed E-state index contributed by atoms with van der Waals surface area (Å²) < 4.78 is 6.50. The number of hydrogen-bond acceptors (Lipinski definition) is 3. The van der Waals surface area contributed by atoms with Crippen molar-refractivity contribution in [2.75, 3.05) is 7.11 Å². The molecule has 4 nitrogen and oxygen atoms in total. The fourth-order valence-electron chi connectivity index (χ4n) is 2.03. The Morgan fingerprint density at radius 2 is 1.86 bits per heavy atom. The van der Waals surface area contributed by atoms with Gasteiger partial charge >= 0.3 is 0 Å². The van der Waals surface area contributed by atoms with Crippen LogP contribution in [0.2, 0.25) is 0 Å². The molecule has 0 fully saturated rings. The van der Waals surface area contributed by atoms with Crippen molar-refractivity contribution in [3.63, 3.8) is 0 Å². The number of methoxy groups -OCH3 is 1. The van der Waals surface area contributed by atoms with Crippen molar-refractivity contribution in [2.24, 2.45) is 0 Å². The Morgan fingerprint density at radius 3 is 2.36 bits per heavy atom. The Kier molecular flexibility index (Phi) is 5.24. The average molecular weight is 428 g/mol. The highest BCUT2D eigenvalue weighted by Crippen LogP contribution is 2.31. The summed E-state index contributed by atoms with van der Waals surface area (Å²) >= 11 is 6.83. The van der Waals surface area contributed by atoms with Gasteiger partial charge in [0.05, 0.1) is 23.9 Å². The first-order valence-corrected chi connectivity index (χ1v) is 8.21. The zero-order valence-electron chi connectivity index (χ0n) is 12.5. The SMILES string of the molecule is COc1cc(Br)c(C(=O)NC(C)(C)c2ccccn2)c(Br)c1. The van der Waals surface area contributed by atoms with E-state index in [2.05, 4.69) is 42.2 Å². The first-order chi connectivity index (χ1) is 10.3. The number of carbonyl (C=O) groups excluding carboxylic acids is 1. The monoisotopic (exact) mass is 426 g/mol. The maximum Gasteiger partial charge on any atom is 0.254 e. The number of amides is 1. The molecule has 1 aromatic heterocycles. The number of halogens is 2. The second kappa shape index (κ2) is 6.79. The van der Waals surface area contributed by atoms with Crippen LogP contribution in [0.15, 0.2) is 45.5 Å². The van der Waals surface area contributed by atoms with E-state index in [1.807, 2.05) is 32.0 Å². The van der Waals surface area contributed by atoms with Crippen molar-refractivity contribution in [3.8, 4) is 5.75 Å². The summed E-state index contributed by atoms with van der Waals surface area (Å²) in [7, 11) is 1.58. The van der Waals surface area contributed by atoms with Crippen LogP contribution in [0, 0.1) is 0 Å². The molecular formula is C16H16Br2N2O2. The summed E-state index contributed by atoms with van der Waals surface area (Å²) in [6.45, 7) is 3.83. The van der Waals surface area contributed by atoms with Crippen molar-refractivity contribution >= 4 is 37.8 Å². The normalized spacial score (nSPS) is 11.1. The van der Waals surface area contributed by atoms with E-state index in [0.717, 1.165) is 5.69 Å². The molecule has 0 saturated heterocycles. The van der Waals surface area contributed by atoms with Crippen molar-refractivity contribution in [1.82, 2.24) is 10.3 Å². The van der Waals surface area contributed by atoms with Gasteiger partial charge in [0.2, 0.25) is 0 Å². The fraction of sp³-hybridized carbons (Fsp3) is 0.250. The molecule has 0 saturated carbocycles. The van der Waals surface area contributed by atoms with Crippen LogP contribution in [-0.2, 0) is 5.54 Å². The molecule has 0 atom stereocenters. The standard InChI is InChI=1S/C16H16Br2N2O2/c1-16(2,13-6-4-5-7-19-13)20-15(21)14-11(17)8-10(22-3)9-12(14)18/h4-9H,1-3H3,(H,20,21). The molecule has 0 radical (unpaired) electrons. The molecular weight excluding hydrogens is 412 g/mol. The smallest absolute Gasteiger partial charge is 0.254 e. The quantitative estimate of drug-likeness (QED) is 0.792. The Hall–Kier alpha value is -1.40. The summed E-state index contributed by atoms with van der Waals surface area (Å²) in [5.74, 6) is 0.469. The first kappa shape index (κ1) is 17.0. The van der Waals surface area contributed by atoms with Crippen LogP contribution in [0.1, 0.15) is 29.9 Å². The molecule has 0 aliphatic rings. The predicted octanol–water partition coefficient (Wildman–Crippen LogP) is 4.28. The van der Waals surface area contributed by atoms with Crippen molar-refractivity contribution in [3.05, 3.63) is 56.7 Å². The van der Waals surface area contributed by atoms with Crippen LogP contribution in [0.4, 0.5) is 0 Å². The molecule has 0 unspecified atom stereocenters. The second-order valence-electron chi connectivity index (χ2n) is 5.26. The van der Waals surface area contributed by atoms with Gasteiger partial charge in [0.25, 0.3) is 5.91 Å². The second-order valence-corrected chi connectivity index (χ2v) is 6.97. The van der Waals surface area contributed by atoms with Gasteiger partial charge in [-0.3, -0.25) is 9.78 Å². The highest BCUT2D eigenvalue weighted by atomic mass is 79.9. The minimum Gasteiger partial charge on any atom is -0.497 e. The molecule has 22 heavy (non-hydrogen) atoms. The predicted molar refractivity (Wildman–Crippen MR) is 93.1 cm³/mol. The number of rotatable bonds is 4. The van der Waals surface area contributed by atoms with E-state index < -0.39 is 5.54 Å². The van der Waals surface area contributed by atoms with Crippen LogP contribution in [-0.4, -0.2) is 18.0 Å². The van der Waals surface area contributed by atoms with E-state index in [1.54, 1.807) is 25.4 Å². The molecule has 2 rings (SSSR count). The summed E-state index contributed by atoms with van der Waals surface area (Å²) in [6, 6.07) is 9.15. The number of hydrogen-bond donors (Lipinski definition) is 1. The van der Waals surface area contributed by atoms with Gasteiger partial charge in [0.15, 0.2) is 0 Å². The number of benzene rings is 1. The van der Waals surface area contributed by atoms with E-state index in [-0.39, 0.29) is 5.91 Å². The molecule has 1 heterocycles. The summed E-state index contributed by atoms with van der Waals surface area (Å²) in [4.78, 5) is 16.9. The summed E-state index contributed by atoms with van der Waals surface area (Å²) in [5, 5.41) is 3.01. The molecule has 0 bridgehead atoms. The minimum absolute atomic E-state index is 0.197. The van der Waals surface area contributed by atoms with Gasteiger partial charge in [-0.1, -0.05) is 6.07 Å². The molecule has 1 N–H and O–H groups in total. The largest absolute Gasteiger partial charge is 0.497 e. The lowest BCUT2D eigenvalue weighted by molar-refractivity contribution is 0.0908. The first-order valence-electron chi connectivity index (χ1n) is 6.62. The van der Waals surface area contributed by atoms with E-state index in [9.17, 15) is 4.79 Å². The molecule has 6 heteroatoms. The number of pyridine rings is 1. The third-order valence-corrected chi connectivity index (χ3v) is 4.46. The Labute approximate surface area is 146 Å². The maximum atomic E-state index is 12.6. The summed E-state index contributed by atoms with van der Waals surface area (Å²) in [5.41, 5.74) is 0.728. The molecule has 116 valence electrons. The molecule has 0 aliphatic carbocycles. The van der Waals surface area contributed by atoms with Gasteiger partial charge in [-0.05, 0) is 70.0 Å². The molecule has 2 aromatic rings. The summed E-state index contributed by atoms with van der Waals surface area (Å²) in [6.07, 6.45) is 1.71. The van der Waals surface area contributed by atoms with Crippen molar-refractivity contribution < 1.29 is 9.53 Å². The Bertz CT molecular complexity index is 665. The number of nitrogens with zero attached hydrogens (tertiary/aromatic N) is 1. The number of nitrogens with one attached hydrogen (secondary N) is 1. The zero-order valence-corrected chi connectivity index (χ0v) is 15.7. The maximum absolute atomic E-state index is 12.6. The molecule has 1 amide bonds. The van der Waals surface area contributed by atoms with Gasteiger partial charge in [-0.25, -0.2) is 0 Å². The number of carbonyl (C=O) groups is 1. The van der Waals surface area contributed by atoms with Crippen LogP contribution < -0.4 is 10.1 Å². The van der Waals surface area contributed by atoms with Gasteiger partial charge < -0.3 is 10.1 Å². The van der Waals surface area contributed by atoms with Crippen LogP contribution in [0.25, 0.3) is 0 Å². The third kappa shape index (κ3) is 3.67. The number of aromatic nitrogens is 1. The molecule has 0 spiro atoms. The Morgan fingerprint density at radius 1 is 1.23 bits per heavy atom. The highest BCUT2D eigenvalue weighted by Gasteiger charge is 2.26. The van der Waals surface area contributed by atoms with E-state index >= 15 is 0 Å². The van der Waals surface area contributed by atoms with Gasteiger partial charge in [-0.15, -0.1) is 0 Å². The lowest BCUT2D eigenvalue weighted by Crippen LogP contribution is -2.41. The average Bonchev–Trinajstić information content (AvgIpc) is 2.46. The number of ether oxygens (including phenoxy) is 1. The lowest BCUT2D eigenvalue weighted by Gasteiger charge is -2.26. The lowest BCUT2D eigenvalue weighted by atomic mass is 9.99. The van der Waals surface area contributed by atoms with Gasteiger partial charge in [0, 0.05) is 15.1 Å². The van der Waals surface area contributed by atoms with E-state index in [1.165, 1.54) is 0 Å². The van der Waals surface area contributed by atoms with Crippen molar-refractivity contribution in [2.45, 2.75) is 19.4 Å². The van der Waals surface area contributed by atoms with Crippen molar-refractivity contribution in [1.29, 1.82) is 0 Å². The van der Waals surface area contributed by atoms with Gasteiger partial charge in [0.1, 0.15) is 5.75 Å². The zero-order chi connectivity index (χ0) is 16.3. The van der Waals surface area contributed by atoms with Crippen LogP contribution in [0.5, 0.6) is 5.75 Å². The molecule has 1 aromatic carbocycles. The van der Waals surface area contributed by atoms with E-state index in [0.29, 0.717) is 20.3 Å². The van der Waals surface area contributed by atoms with Gasteiger partial charge in [-0.2, -0.15) is 0 Å². The minimum atomic E-state index is -0.586. The topological polar surface area (TPSA) is 51.2 Å². The van der Waals surface area contributed by atoms with E-state index in [4.69, 9.17) is 4.74 Å². The van der Waals surface area contributed by atoms with Crippen LogP contribution >= 0.6 is 31.9 Å².